The molecule has 0 radical (unpaired) electrons. The maximum absolute atomic E-state index is 5.81. The molecule has 33 nitrogen and oxygen atoms in total. The molecule has 782 valence electrons. The average molecular weight is 1940 g/mol. The summed E-state index contributed by atoms with van der Waals surface area (Å²) in [6, 6.07) is 0.799. The topological polar surface area (TPSA) is 333 Å². The van der Waals surface area contributed by atoms with E-state index >= 15 is 0 Å². The normalized spacial score (nSPS) is 20.9. The third kappa shape index (κ3) is 31.0. The summed E-state index contributed by atoms with van der Waals surface area (Å²) in [4.78, 5) is 118. The van der Waals surface area contributed by atoms with Crippen LogP contribution in [0.5, 0.6) is 0 Å². The highest BCUT2D eigenvalue weighted by molar-refractivity contribution is 5.56. The summed E-state index contributed by atoms with van der Waals surface area (Å²) in [6.45, 7) is 75.5. The Labute approximate surface area is 844 Å². The first-order valence-electron chi connectivity index (χ1n) is 54.7. The summed E-state index contributed by atoms with van der Waals surface area (Å²) in [7, 11) is 0. The Balaban J connectivity index is 0.965. The molecule has 0 aromatic carbocycles. The number of unbranched alkanes of at least 4 members (excludes halogenated alkanes) is 10. The van der Waals surface area contributed by atoms with Crippen molar-refractivity contribution in [2.45, 2.75) is 522 Å². The molecular weight excluding hydrogens is 1750 g/mol. The number of nitrogens with one attached hydrogen (secondary N) is 6. The molecule has 6 aliphatic heterocycles. The lowest BCUT2D eigenvalue weighted by molar-refractivity contribution is 0.157. The SMILES string of the molecule is CCCCN(c1ncnc(N(CCCCCC(CCCCCN(c2ncnc(N(CCCC)C3CC(C)(C)NC(C)(C)C3)n2)c2ncnc(N(CCCC)C3CC(C)(C)NC(C)(C)C3)n2)N(c2ncnc(N(CCCC)C3CC(C)(C)NC(C)(C)C3)n2)c2ncnc(N(CCCC)C3CC(C)(C)NC(C)(C)C3)n2)c2ncnc(N(CCCC)C3CC(C)(C)NC(C)(C)C3)n2)n1)C1CC(C)(C)NC(C)(C)C1. The predicted octanol–water partition coefficient (Wildman–Crippen LogP) is 19.6. The standard InChI is InChI=1S/C107H189N33/c1-31-37-51-132(78-59-96(7,8)126-97(9,10)60-78)84-108-71-114-90(120-84)138(91-115-72-109-85(121-91)133(52-38-32-2)79-61-98(11,12)127-99(13,14)62-79)57-47-43-45-49-77(140(94-118-75-112-88(124-94)136(55-41-35-5)82-67-104(23,24)130-105(25,26)68-82)95-119-76-113-89(125-95)137(56-42-36-6)83-69-106(27,28)131-107(29,30)70-83)50-46-44-48-58-139(92-116-73-110-86(122-92)134(53-39-33-3)80-63-100(15,16)128-101(17,18)64-80)93-117-74-111-87(123-93)135(54-40-34-4)81-65-102(19,20)129-103(21,22)66-81/h71-83,126-131H,31-70H2,1-30H3. The van der Waals surface area contributed by atoms with Crippen molar-refractivity contribution in [2.24, 2.45) is 0 Å². The highest BCUT2D eigenvalue weighted by Gasteiger charge is 2.49. The molecule has 6 aliphatic rings. The van der Waals surface area contributed by atoms with E-state index in [0.717, 1.165) is 245 Å². The number of anilines is 12. The van der Waals surface area contributed by atoms with Crippen LogP contribution in [-0.4, -0.2) is 251 Å². The number of aromatic nitrogens is 18. The lowest BCUT2D eigenvalue weighted by Gasteiger charge is -2.49. The van der Waals surface area contributed by atoms with Crippen LogP contribution in [0.25, 0.3) is 0 Å². The van der Waals surface area contributed by atoms with Gasteiger partial charge in [0, 0.05) is 161 Å². The zero-order chi connectivity index (χ0) is 102. The first-order valence-corrected chi connectivity index (χ1v) is 54.7. The first kappa shape index (κ1) is 111. The summed E-state index contributed by atoms with van der Waals surface area (Å²) in [5.74, 6) is 7.13. The fraction of sp³-hybridized carbons (Fsp3) is 0.832. The number of piperidine rings is 6. The molecule has 33 heteroatoms. The molecule has 0 atom stereocenters. The molecular formula is C107H189N33. The number of nitrogens with zero attached hydrogens (tertiary/aromatic N) is 27. The lowest BCUT2D eigenvalue weighted by atomic mass is 9.79. The largest absolute Gasteiger partial charge is 0.338 e. The molecule has 12 heterocycles. The van der Waals surface area contributed by atoms with Crippen molar-refractivity contribution >= 4 is 71.4 Å². The van der Waals surface area contributed by atoms with E-state index in [-0.39, 0.29) is 109 Å². The maximum atomic E-state index is 5.81. The van der Waals surface area contributed by atoms with Gasteiger partial charge >= 0.3 is 0 Å². The zero-order valence-electron chi connectivity index (χ0n) is 92.9. The Bertz CT molecular complexity index is 4260. The third-order valence-corrected chi connectivity index (χ3v) is 29.6. The van der Waals surface area contributed by atoms with Crippen molar-refractivity contribution in [2.75, 3.05) is 96.5 Å². The van der Waals surface area contributed by atoms with Gasteiger partial charge in [0.15, 0.2) is 0 Å². The van der Waals surface area contributed by atoms with Gasteiger partial charge in [0.05, 0.1) is 0 Å². The molecule has 12 rings (SSSR count). The van der Waals surface area contributed by atoms with Gasteiger partial charge < -0.3 is 61.3 Å². The van der Waals surface area contributed by atoms with Crippen LogP contribution in [0.2, 0.25) is 0 Å². The van der Waals surface area contributed by atoms with Crippen molar-refractivity contribution in [1.82, 2.24) is 122 Å². The minimum absolute atomic E-state index is 0.110. The molecule has 6 saturated heterocycles. The van der Waals surface area contributed by atoms with E-state index in [0.29, 0.717) is 84.5 Å². The smallest absolute Gasteiger partial charge is 0.237 e. The maximum Gasteiger partial charge on any atom is 0.237 e. The summed E-state index contributed by atoms with van der Waals surface area (Å²) in [6.07, 6.45) is 39.9. The molecule has 140 heavy (non-hydrogen) atoms. The Morgan fingerprint density at radius 2 is 0.364 bits per heavy atom. The minimum Gasteiger partial charge on any atom is -0.338 e. The number of rotatable bonds is 49. The van der Waals surface area contributed by atoms with E-state index in [1.54, 1.807) is 38.0 Å². The highest BCUT2D eigenvalue weighted by Crippen LogP contribution is 2.44. The van der Waals surface area contributed by atoms with Gasteiger partial charge in [0.25, 0.3) is 0 Å². The van der Waals surface area contributed by atoms with Crippen molar-refractivity contribution in [1.29, 1.82) is 0 Å². The summed E-state index contributed by atoms with van der Waals surface area (Å²) in [5, 5.41) is 23.8. The van der Waals surface area contributed by atoms with Crippen molar-refractivity contribution in [3.63, 3.8) is 0 Å². The van der Waals surface area contributed by atoms with Crippen LogP contribution >= 0.6 is 0 Å². The van der Waals surface area contributed by atoms with Crippen LogP contribution in [0.4, 0.5) is 71.4 Å². The zero-order valence-corrected chi connectivity index (χ0v) is 92.9. The van der Waals surface area contributed by atoms with Gasteiger partial charge in [-0.3, -0.25) is 14.7 Å². The molecule has 0 bridgehead atoms. The second kappa shape index (κ2) is 46.6. The highest BCUT2D eigenvalue weighted by atomic mass is 15.5. The van der Waals surface area contributed by atoms with Crippen LogP contribution in [0.15, 0.2) is 38.0 Å². The van der Waals surface area contributed by atoms with E-state index in [4.69, 9.17) is 89.7 Å². The van der Waals surface area contributed by atoms with Gasteiger partial charge in [-0.05, 0) is 307 Å². The molecule has 6 fully saturated rings. The predicted molar refractivity (Wildman–Crippen MR) is 575 cm³/mol. The van der Waals surface area contributed by atoms with E-state index in [1.807, 2.05) is 0 Å². The Hall–Kier alpha value is -7.98. The fourth-order valence-corrected chi connectivity index (χ4v) is 25.9. The summed E-state index contributed by atoms with van der Waals surface area (Å²) in [5.41, 5.74) is -1.45. The van der Waals surface area contributed by atoms with Gasteiger partial charge in [-0.25, -0.2) is 59.8 Å². The van der Waals surface area contributed by atoms with E-state index in [2.05, 4.69) is 284 Å². The average Bonchev–Trinajstić information content (AvgIpc) is 0.760. The molecule has 6 aromatic rings. The van der Waals surface area contributed by atoms with Crippen molar-refractivity contribution in [3.05, 3.63) is 38.0 Å². The molecule has 6 aromatic heterocycles. The van der Waals surface area contributed by atoms with Gasteiger partial charge in [-0.1, -0.05) is 106 Å². The summed E-state index contributed by atoms with van der Waals surface area (Å²) >= 11 is 0. The van der Waals surface area contributed by atoms with Gasteiger partial charge in [-0.15, -0.1) is 0 Å². The lowest BCUT2D eigenvalue weighted by Crippen LogP contribution is -2.62. The quantitative estimate of drug-likeness (QED) is 0.0193. The van der Waals surface area contributed by atoms with Crippen LogP contribution in [0.1, 0.15) is 413 Å². The molecule has 0 unspecified atom stereocenters. The number of hydrogen-bond acceptors (Lipinski definition) is 33. The molecule has 6 N–H and O–H groups in total. The Kier molecular flexibility index (Phi) is 36.9. The Morgan fingerprint density at radius 3 is 0.536 bits per heavy atom. The minimum atomic E-state index is -0.236. The fourth-order valence-electron chi connectivity index (χ4n) is 25.9. The van der Waals surface area contributed by atoms with Crippen LogP contribution in [0, 0.1) is 0 Å². The van der Waals surface area contributed by atoms with Gasteiger partial charge in [-0.2, -0.15) is 29.9 Å². The molecule has 0 spiro atoms. The summed E-state index contributed by atoms with van der Waals surface area (Å²) < 4.78 is 0. The van der Waals surface area contributed by atoms with Crippen molar-refractivity contribution < 1.29 is 0 Å². The van der Waals surface area contributed by atoms with Gasteiger partial charge in [0.1, 0.15) is 38.0 Å². The second-order valence-electron chi connectivity index (χ2n) is 50.5. The second-order valence-corrected chi connectivity index (χ2v) is 50.5. The van der Waals surface area contributed by atoms with E-state index in [1.165, 1.54) is 0 Å². The van der Waals surface area contributed by atoms with E-state index < -0.39 is 0 Å². The van der Waals surface area contributed by atoms with Crippen molar-refractivity contribution in [3.8, 4) is 0 Å². The first-order chi connectivity index (χ1) is 65.8. The van der Waals surface area contributed by atoms with Gasteiger partial charge in [0.2, 0.25) is 71.4 Å². The monoisotopic (exact) mass is 1940 g/mol. The van der Waals surface area contributed by atoms with Crippen LogP contribution in [0.3, 0.4) is 0 Å². The third-order valence-electron chi connectivity index (χ3n) is 29.6. The molecule has 0 saturated carbocycles. The molecule has 0 aliphatic carbocycles. The van der Waals surface area contributed by atoms with Crippen LogP contribution < -0.4 is 76.0 Å². The Morgan fingerprint density at radius 1 is 0.207 bits per heavy atom. The van der Waals surface area contributed by atoms with Crippen LogP contribution in [-0.2, 0) is 0 Å². The molecule has 0 amide bonds. The van der Waals surface area contributed by atoms with E-state index in [9.17, 15) is 0 Å². The number of hydrogen-bond donors (Lipinski definition) is 6.